The number of amides is 1. The van der Waals surface area contributed by atoms with E-state index in [0.717, 1.165) is 18.6 Å². The first kappa shape index (κ1) is 15.0. The van der Waals surface area contributed by atoms with Crippen LogP contribution in [0.15, 0.2) is 0 Å². The average Bonchev–Trinajstić information content (AvgIpc) is 2.89. The first-order chi connectivity index (χ1) is 9.65. The van der Waals surface area contributed by atoms with E-state index in [9.17, 15) is 9.59 Å². The van der Waals surface area contributed by atoms with Gasteiger partial charge >= 0.3 is 0 Å². The van der Waals surface area contributed by atoms with Crippen LogP contribution in [-0.2, 0) is 13.1 Å². The number of aromatic nitrogens is 3. The molecule has 2 N–H and O–H groups in total. The molecule has 0 saturated heterocycles. The number of hydrogen-bond donors (Lipinski definition) is 1. The minimum atomic E-state index is -0.276. The Morgan fingerprint density at radius 1 is 1.40 bits per heavy atom. The van der Waals surface area contributed by atoms with Gasteiger partial charge in [-0.3, -0.25) is 9.59 Å². The predicted molar refractivity (Wildman–Crippen MR) is 76.6 cm³/mol. The minimum absolute atomic E-state index is 0.0689. The van der Waals surface area contributed by atoms with E-state index in [0.29, 0.717) is 25.5 Å². The zero-order chi connectivity index (χ0) is 14.5. The van der Waals surface area contributed by atoms with Crippen LogP contribution < -0.4 is 5.73 Å². The highest BCUT2D eigenvalue weighted by atomic mass is 32.2. The third kappa shape index (κ3) is 3.37. The summed E-state index contributed by atoms with van der Waals surface area (Å²) in [6.07, 6.45) is 2.12. The van der Waals surface area contributed by atoms with E-state index < -0.39 is 0 Å². The summed E-state index contributed by atoms with van der Waals surface area (Å²) in [6, 6.07) is 0. The van der Waals surface area contributed by atoms with Crippen LogP contribution in [0.2, 0.25) is 0 Å². The second-order valence-corrected chi connectivity index (χ2v) is 5.64. The number of nitrogens with two attached hydrogens (primary N) is 1. The number of nitrogens with zero attached hydrogens (tertiary/aromatic N) is 4. The maximum Gasteiger partial charge on any atom is 0.282 e. The first-order valence-electron chi connectivity index (χ1n) is 6.74. The Hall–Kier alpha value is -1.41. The van der Waals surface area contributed by atoms with Crippen molar-refractivity contribution in [1.29, 1.82) is 0 Å². The minimum Gasteiger partial charge on any atom is -0.324 e. The molecule has 0 unspecified atom stereocenters. The lowest BCUT2D eigenvalue weighted by Gasteiger charge is -2.26. The van der Waals surface area contributed by atoms with E-state index in [4.69, 9.17) is 5.73 Å². The summed E-state index contributed by atoms with van der Waals surface area (Å²) >= 11 is 1.34. The Morgan fingerprint density at radius 3 is 2.90 bits per heavy atom. The van der Waals surface area contributed by atoms with Crippen molar-refractivity contribution in [3.63, 3.8) is 0 Å². The van der Waals surface area contributed by atoms with Gasteiger partial charge in [0.25, 0.3) is 5.24 Å². The number of rotatable bonds is 5. The number of carbonyl (C=O) groups excluding carboxylic acids is 2. The standard InChI is InChI=1S/C12H19N5O2S/c1-2-3-6-20-12(19)16-4-5-17-10(8-16)14-11(15-17)9(18)7-13/h2-8,13H2,1H3. The number of hydrogen-bond acceptors (Lipinski definition) is 6. The zero-order valence-corrected chi connectivity index (χ0v) is 12.4. The monoisotopic (exact) mass is 297 g/mol. The molecule has 110 valence electrons. The van der Waals surface area contributed by atoms with Crippen LogP contribution in [-0.4, -0.2) is 49.5 Å². The Morgan fingerprint density at radius 2 is 2.20 bits per heavy atom. The normalized spacial score (nSPS) is 14.2. The van der Waals surface area contributed by atoms with Gasteiger partial charge in [0, 0.05) is 12.3 Å². The summed E-state index contributed by atoms with van der Waals surface area (Å²) in [5.74, 6) is 1.37. The molecule has 1 aromatic rings. The van der Waals surface area contributed by atoms with E-state index in [1.165, 1.54) is 11.8 Å². The SMILES string of the molecule is CCCCSC(=O)N1CCn2nc(C(=O)CN)nc2C1. The van der Waals surface area contributed by atoms with E-state index in [1.807, 2.05) is 0 Å². The molecule has 20 heavy (non-hydrogen) atoms. The van der Waals surface area contributed by atoms with E-state index in [-0.39, 0.29) is 23.4 Å². The molecule has 0 fully saturated rings. The van der Waals surface area contributed by atoms with Crippen molar-refractivity contribution in [2.45, 2.75) is 32.9 Å². The van der Waals surface area contributed by atoms with E-state index >= 15 is 0 Å². The molecule has 1 aliphatic heterocycles. The topological polar surface area (TPSA) is 94.1 Å². The van der Waals surface area contributed by atoms with Crippen LogP contribution in [0.3, 0.4) is 0 Å². The highest BCUT2D eigenvalue weighted by Crippen LogP contribution is 2.17. The van der Waals surface area contributed by atoms with E-state index in [1.54, 1.807) is 9.58 Å². The molecule has 1 amide bonds. The summed E-state index contributed by atoms with van der Waals surface area (Å²) in [5.41, 5.74) is 5.30. The molecule has 2 heterocycles. The largest absolute Gasteiger partial charge is 0.324 e. The first-order valence-corrected chi connectivity index (χ1v) is 7.73. The fourth-order valence-corrected chi connectivity index (χ4v) is 2.84. The van der Waals surface area contributed by atoms with Gasteiger partial charge in [-0.2, -0.15) is 0 Å². The van der Waals surface area contributed by atoms with Gasteiger partial charge in [0.15, 0.2) is 0 Å². The molecular weight excluding hydrogens is 278 g/mol. The Balaban J connectivity index is 1.98. The van der Waals surface area contributed by atoms with Gasteiger partial charge in [0.1, 0.15) is 5.82 Å². The smallest absolute Gasteiger partial charge is 0.282 e. The quantitative estimate of drug-likeness (QED) is 0.640. The molecule has 0 bridgehead atoms. The zero-order valence-electron chi connectivity index (χ0n) is 11.5. The Kier molecular flexibility index (Phi) is 5.13. The fourth-order valence-electron chi connectivity index (χ4n) is 1.90. The third-order valence-corrected chi connectivity index (χ3v) is 4.08. The van der Waals surface area contributed by atoms with Gasteiger partial charge in [-0.05, 0) is 6.42 Å². The molecule has 0 radical (unpaired) electrons. The van der Waals surface area contributed by atoms with Crippen molar-refractivity contribution < 1.29 is 9.59 Å². The molecule has 8 heteroatoms. The number of carbonyl (C=O) groups is 2. The lowest BCUT2D eigenvalue weighted by Crippen LogP contribution is -2.36. The van der Waals surface area contributed by atoms with Crippen molar-refractivity contribution in [3.05, 3.63) is 11.6 Å². The van der Waals surface area contributed by atoms with Gasteiger partial charge in [-0.1, -0.05) is 25.1 Å². The molecule has 7 nitrogen and oxygen atoms in total. The summed E-state index contributed by atoms with van der Waals surface area (Å²) in [4.78, 5) is 29.4. The second kappa shape index (κ2) is 6.85. The van der Waals surface area contributed by atoms with Crippen LogP contribution >= 0.6 is 11.8 Å². The van der Waals surface area contributed by atoms with Gasteiger partial charge in [-0.15, -0.1) is 5.10 Å². The third-order valence-electron chi connectivity index (χ3n) is 3.08. The van der Waals surface area contributed by atoms with Crippen LogP contribution in [0.5, 0.6) is 0 Å². The number of ketones is 1. The molecule has 2 rings (SSSR count). The fraction of sp³-hybridized carbons (Fsp3) is 0.667. The van der Waals surface area contributed by atoms with Crippen molar-refractivity contribution >= 4 is 22.8 Å². The van der Waals surface area contributed by atoms with E-state index in [2.05, 4.69) is 17.0 Å². The lowest BCUT2D eigenvalue weighted by atomic mass is 10.4. The van der Waals surface area contributed by atoms with Crippen molar-refractivity contribution in [2.24, 2.45) is 5.73 Å². The summed E-state index contributed by atoms with van der Waals surface area (Å²) in [5, 5.41) is 4.19. The summed E-state index contributed by atoms with van der Waals surface area (Å²) in [6.45, 7) is 3.58. The highest BCUT2D eigenvalue weighted by Gasteiger charge is 2.24. The number of fused-ring (bicyclic) bond motifs is 1. The Labute approximate surface area is 121 Å². The molecule has 0 saturated carbocycles. The maximum atomic E-state index is 12.0. The summed E-state index contributed by atoms with van der Waals surface area (Å²) < 4.78 is 1.68. The van der Waals surface area contributed by atoms with Crippen molar-refractivity contribution in [1.82, 2.24) is 19.7 Å². The van der Waals surface area contributed by atoms with Crippen molar-refractivity contribution in [2.75, 3.05) is 18.8 Å². The maximum absolute atomic E-state index is 12.0. The van der Waals surface area contributed by atoms with Crippen LogP contribution in [0.1, 0.15) is 36.2 Å². The average molecular weight is 297 g/mol. The van der Waals surface area contributed by atoms with Gasteiger partial charge < -0.3 is 10.6 Å². The molecule has 0 atom stereocenters. The highest BCUT2D eigenvalue weighted by molar-refractivity contribution is 8.13. The molecule has 0 aromatic carbocycles. The summed E-state index contributed by atoms with van der Waals surface area (Å²) in [7, 11) is 0. The molecule has 0 aliphatic carbocycles. The molecule has 0 spiro atoms. The van der Waals surface area contributed by atoms with Gasteiger partial charge in [0.05, 0.1) is 19.6 Å². The van der Waals surface area contributed by atoms with Crippen LogP contribution in [0, 0.1) is 0 Å². The molecule has 1 aromatic heterocycles. The molecule has 1 aliphatic rings. The number of Topliss-reactive ketones (excluding diaryl/α,β-unsaturated/α-hetero) is 1. The van der Waals surface area contributed by atoms with Crippen molar-refractivity contribution in [3.8, 4) is 0 Å². The van der Waals surface area contributed by atoms with Gasteiger partial charge in [0.2, 0.25) is 11.6 Å². The van der Waals surface area contributed by atoms with Crippen LogP contribution in [0.25, 0.3) is 0 Å². The number of thioether (sulfide) groups is 1. The Bertz CT molecular complexity index is 502. The second-order valence-electron chi connectivity index (χ2n) is 4.59. The lowest BCUT2D eigenvalue weighted by molar-refractivity contribution is 0.0991. The predicted octanol–water partition coefficient (Wildman–Crippen LogP) is 0.888. The number of unbranched alkanes of at least 4 members (excludes halogenated alkanes) is 1. The van der Waals surface area contributed by atoms with Gasteiger partial charge in [-0.25, -0.2) is 9.67 Å². The molecular formula is C12H19N5O2S. The van der Waals surface area contributed by atoms with Crippen LogP contribution in [0.4, 0.5) is 4.79 Å².